The van der Waals surface area contributed by atoms with E-state index in [0.717, 1.165) is 12.1 Å². The molecule has 0 saturated heterocycles. The number of hydrogen-bond donors (Lipinski definition) is 1. The third-order valence-corrected chi connectivity index (χ3v) is 2.71. The number of aromatic carboxylic acids is 1. The van der Waals surface area contributed by atoms with Crippen LogP contribution in [0.25, 0.3) is 11.1 Å². The fraction of sp³-hybridized carbons (Fsp3) is 0.143. The lowest BCUT2D eigenvalue weighted by atomic mass is 10.0. The van der Waals surface area contributed by atoms with Gasteiger partial charge in [-0.15, -0.1) is 13.2 Å². The Morgan fingerprint density at radius 1 is 1.18 bits per heavy atom. The summed E-state index contributed by atoms with van der Waals surface area (Å²) in [6, 6.07) is 4.60. The number of pyridine rings is 1. The Bertz CT molecular complexity index is 701. The summed E-state index contributed by atoms with van der Waals surface area (Å²) in [6.45, 7) is 0. The van der Waals surface area contributed by atoms with E-state index in [9.17, 15) is 23.1 Å². The van der Waals surface area contributed by atoms with Crippen LogP contribution in [-0.2, 0) is 0 Å². The summed E-state index contributed by atoms with van der Waals surface area (Å²) in [5.41, 5.74) is 0.264. The molecule has 0 bridgehead atoms. The summed E-state index contributed by atoms with van der Waals surface area (Å²) in [6.07, 6.45) is -2.09. The Morgan fingerprint density at radius 2 is 1.91 bits per heavy atom. The SMILES string of the molecule is COc1cncc(-c2ccc(OC(F)(F)F)cc2C(=O)O)c1. The van der Waals surface area contributed by atoms with Gasteiger partial charge in [-0.1, -0.05) is 0 Å². The van der Waals surface area contributed by atoms with Gasteiger partial charge in [0.15, 0.2) is 0 Å². The number of benzene rings is 1. The average Bonchev–Trinajstić information content (AvgIpc) is 2.45. The van der Waals surface area contributed by atoms with E-state index in [0.29, 0.717) is 11.3 Å². The van der Waals surface area contributed by atoms with Gasteiger partial charge in [-0.05, 0) is 29.8 Å². The summed E-state index contributed by atoms with van der Waals surface area (Å²) in [7, 11) is 1.42. The highest BCUT2D eigenvalue weighted by atomic mass is 19.4. The van der Waals surface area contributed by atoms with Crippen LogP contribution in [0.3, 0.4) is 0 Å². The standard InChI is InChI=1S/C14H10F3NO4/c1-21-10-4-8(6-18-7-10)11-3-2-9(22-14(15,16)17)5-12(11)13(19)20/h2-7H,1H3,(H,19,20). The minimum atomic E-state index is -4.89. The number of rotatable bonds is 4. The molecule has 0 aliphatic heterocycles. The number of aromatic nitrogens is 1. The predicted molar refractivity (Wildman–Crippen MR) is 69.9 cm³/mol. The molecule has 0 unspecified atom stereocenters. The molecule has 0 spiro atoms. The molecule has 0 atom stereocenters. The number of carboxylic acids is 1. The third kappa shape index (κ3) is 3.66. The first-order chi connectivity index (χ1) is 10.3. The molecule has 0 amide bonds. The molecule has 116 valence electrons. The maximum Gasteiger partial charge on any atom is 0.573 e. The molecule has 1 N–H and O–H groups in total. The number of hydrogen-bond acceptors (Lipinski definition) is 4. The van der Waals surface area contributed by atoms with Crippen LogP contribution < -0.4 is 9.47 Å². The van der Waals surface area contributed by atoms with E-state index >= 15 is 0 Å². The summed E-state index contributed by atoms with van der Waals surface area (Å²) >= 11 is 0. The van der Waals surface area contributed by atoms with Crippen LogP contribution in [0.5, 0.6) is 11.5 Å². The molecule has 1 heterocycles. The Morgan fingerprint density at radius 3 is 2.50 bits per heavy atom. The van der Waals surface area contributed by atoms with Crippen molar-refractivity contribution in [1.82, 2.24) is 4.98 Å². The number of carboxylic acid groups (broad SMARTS) is 1. The molecular formula is C14H10F3NO4. The van der Waals surface area contributed by atoms with Crippen molar-refractivity contribution in [2.45, 2.75) is 6.36 Å². The number of ether oxygens (including phenoxy) is 2. The molecule has 0 fully saturated rings. The number of carbonyl (C=O) groups is 1. The first kappa shape index (κ1) is 15.6. The Labute approximate surface area is 122 Å². The molecule has 0 radical (unpaired) electrons. The van der Waals surface area contributed by atoms with Crippen molar-refractivity contribution in [2.24, 2.45) is 0 Å². The van der Waals surface area contributed by atoms with Gasteiger partial charge in [0.2, 0.25) is 0 Å². The van der Waals surface area contributed by atoms with E-state index in [1.807, 2.05) is 0 Å². The van der Waals surface area contributed by atoms with Crippen molar-refractivity contribution < 1.29 is 32.5 Å². The molecule has 0 aliphatic carbocycles. The van der Waals surface area contributed by atoms with Gasteiger partial charge in [0.25, 0.3) is 0 Å². The van der Waals surface area contributed by atoms with Crippen molar-refractivity contribution in [3.63, 3.8) is 0 Å². The molecule has 8 heteroatoms. The lowest BCUT2D eigenvalue weighted by molar-refractivity contribution is -0.274. The van der Waals surface area contributed by atoms with Gasteiger partial charge in [0.05, 0.1) is 18.9 Å². The fourth-order valence-electron chi connectivity index (χ4n) is 1.83. The van der Waals surface area contributed by atoms with Crippen molar-refractivity contribution >= 4 is 5.97 Å². The first-order valence-electron chi connectivity index (χ1n) is 5.92. The van der Waals surface area contributed by atoms with Crippen molar-refractivity contribution in [2.75, 3.05) is 7.11 Å². The summed E-state index contributed by atoms with van der Waals surface area (Å²) in [5, 5.41) is 9.19. The molecule has 0 aliphatic rings. The second-order valence-corrected chi connectivity index (χ2v) is 4.17. The minimum absolute atomic E-state index is 0.202. The van der Waals surface area contributed by atoms with Gasteiger partial charge in [-0.25, -0.2) is 4.79 Å². The van der Waals surface area contributed by atoms with E-state index in [4.69, 9.17) is 4.74 Å². The summed E-state index contributed by atoms with van der Waals surface area (Å²) in [4.78, 5) is 15.2. The second-order valence-electron chi connectivity index (χ2n) is 4.17. The van der Waals surface area contributed by atoms with Gasteiger partial charge in [0.1, 0.15) is 11.5 Å². The van der Waals surface area contributed by atoms with Gasteiger partial charge >= 0.3 is 12.3 Å². The van der Waals surface area contributed by atoms with Gasteiger partial charge < -0.3 is 14.6 Å². The van der Waals surface area contributed by atoms with E-state index in [1.54, 1.807) is 0 Å². The van der Waals surface area contributed by atoms with Crippen LogP contribution in [0.1, 0.15) is 10.4 Å². The molecule has 5 nitrogen and oxygen atoms in total. The first-order valence-corrected chi connectivity index (χ1v) is 5.92. The third-order valence-electron chi connectivity index (χ3n) is 2.71. The summed E-state index contributed by atoms with van der Waals surface area (Å²) < 4.78 is 45.3. The average molecular weight is 313 g/mol. The molecule has 1 aromatic carbocycles. The monoisotopic (exact) mass is 313 g/mol. The lowest BCUT2D eigenvalue weighted by Crippen LogP contribution is -2.17. The molecule has 0 saturated carbocycles. The predicted octanol–water partition coefficient (Wildman–Crippen LogP) is 3.35. The molecule has 22 heavy (non-hydrogen) atoms. The maximum atomic E-state index is 12.2. The topological polar surface area (TPSA) is 68.7 Å². The Hall–Kier alpha value is -2.77. The highest BCUT2D eigenvalue weighted by Gasteiger charge is 2.31. The quantitative estimate of drug-likeness (QED) is 0.937. The zero-order valence-corrected chi connectivity index (χ0v) is 11.2. The van der Waals surface area contributed by atoms with E-state index < -0.39 is 18.1 Å². The smallest absolute Gasteiger partial charge is 0.495 e. The fourth-order valence-corrected chi connectivity index (χ4v) is 1.83. The Balaban J connectivity index is 2.49. The van der Waals surface area contributed by atoms with E-state index in [2.05, 4.69) is 9.72 Å². The number of halogens is 3. The molecule has 2 rings (SSSR count). The van der Waals surface area contributed by atoms with Crippen LogP contribution in [0, 0.1) is 0 Å². The van der Waals surface area contributed by atoms with Crippen LogP contribution in [0.4, 0.5) is 13.2 Å². The van der Waals surface area contributed by atoms with E-state index in [1.165, 1.54) is 31.6 Å². The summed E-state index contributed by atoms with van der Waals surface area (Å²) in [5.74, 6) is -1.60. The molecular weight excluding hydrogens is 303 g/mol. The Kier molecular flexibility index (Phi) is 4.20. The normalized spacial score (nSPS) is 11.1. The maximum absolute atomic E-state index is 12.2. The minimum Gasteiger partial charge on any atom is -0.495 e. The van der Waals surface area contributed by atoms with Crippen LogP contribution in [0.15, 0.2) is 36.7 Å². The van der Waals surface area contributed by atoms with Crippen LogP contribution >= 0.6 is 0 Å². The highest BCUT2D eigenvalue weighted by molar-refractivity contribution is 5.96. The lowest BCUT2D eigenvalue weighted by Gasteiger charge is -2.12. The van der Waals surface area contributed by atoms with Crippen molar-refractivity contribution in [3.8, 4) is 22.6 Å². The highest BCUT2D eigenvalue weighted by Crippen LogP contribution is 2.31. The van der Waals surface area contributed by atoms with Crippen molar-refractivity contribution in [1.29, 1.82) is 0 Å². The van der Waals surface area contributed by atoms with Gasteiger partial charge in [-0.2, -0.15) is 0 Å². The largest absolute Gasteiger partial charge is 0.573 e. The molecule has 2 aromatic rings. The van der Waals surface area contributed by atoms with Crippen LogP contribution in [0.2, 0.25) is 0 Å². The van der Waals surface area contributed by atoms with Crippen molar-refractivity contribution in [3.05, 3.63) is 42.2 Å². The van der Waals surface area contributed by atoms with E-state index in [-0.39, 0.29) is 11.1 Å². The zero-order chi connectivity index (χ0) is 16.3. The zero-order valence-electron chi connectivity index (χ0n) is 11.2. The molecule has 1 aromatic heterocycles. The number of nitrogens with zero attached hydrogens (tertiary/aromatic N) is 1. The second kappa shape index (κ2) is 5.92. The van der Waals surface area contributed by atoms with Gasteiger partial charge in [-0.3, -0.25) is 4.98 Å². The van der Waals surface area contributed by atoms with Gasteiger partial charge in [0, 0.05) is 11.8 Å². The number of methoxy groups -OCH3 is 1. The number of alkyl halides is 3. The van der Waals surface area contributed by atoms with Crippen LogP contribution in [-0.4, -0.2) is 29.5 Å².